The number of rotatable bonds is 5. The van der Waals surface area contributed by atoms with Crippen molar-refractivity contribution in [3.63, 3.8) is 0 Å². The SMILES string of the molecule is CC(C(=O)NCC1CCCO1)N1CCC(N2CCCCC2)CC1. The zero-order valence-corrected chi connectivity index (χ0v) is 14.6. The van der Waals surface area contributed by atoms with Crippen molar-refractivity contribution in [3.8, 4) is 0 Å². The van der Waals surface area contributed by atoms with Gasteiger partial charge in [0.15, 0.2) is 0 Å². The Morgan fingerprint density at radius 3 is 2.48 bits per heavy atom. The smallest absolute Gasteiger partial charge is 0.237 e. The minimum absolute atomic E-state index is 0.0151. The molecule has 1 amide bonds. The molecule has 0 aromatic rings. The Morgan fingerprint density at radius 1 is 1.09 bits per heavy atom. The molecule has 3 aliphatic heterocycles. The van der Waals surface area contributed by atoms with Crippen LogP contribution in [-0.4, -0.2) is 73.2 Å². The lowest BCUT2D eigenvalue weighted by Crippen LogP contribution is -2.52. The van der Waals surface area contributed by atoms with E-state index in [0.717, 1.165) is 38.6 Å². The number of ether oxygens (including phenoxy) is 1. The van der Waals surface area contributed by atoms with Gasteiger partial charge in [0.05, 0.1) is 12.1 Å². The summed E-state index contributed by atoms with van der Waals surface area (Å²) in [5.41, 5.74) is 0. The van der Waals surface area contributed by atoms with Crippen LogP contribution in [0.3, 0.4) is 0 Å². The van der Waals surface area contributed by atoms with Gasteiger partial charge in [-0.05, 0) is 58.5 Å². The van der Waals surface area contributed by atoms with Crippen LogP contribution in [0.1, 0.15) is 51.9 Å². The first-order chi connectivity index (χ1) is 11.2. The summed E-state index contributed by atoms with van der Waals surface area (Å²) in [6, 6.07) is 0.729. The van der Waals surface area contributed by atoms with E-state index in [-0.39, 0.29) is 18.1 Å². The first kappa shape index (κ1) is 17.2. The second-order valence-electron chi connectivity index (χ2n) is 7.42. The normalized spacial score (nSPS) is 29.5. The lowest BCUT2D eigenvalue weighted by molar-refractivity contribution is -0.127. The fourth-order valence-corrected chi connectivity index (χ4v) is 4.26. The molecule has 5 heteroatoms. The molecule has 2 atom stereocenters. The van der Waals surface area contributed by atoms with Gasteiger partial charge in [-0.1, -0.05) is 6.42 Å². The first-order valence-corrected chi connectivity index (χ1v) is 9.61. The van der Waals surface area contributed by atoms with Gasteiger partial charge in [-0.2, -0.15) is 0 Å². The summed E-state index contributed by atoms with van der Waals surface area (Å²) in [6.07, 6.45) is 8.99. The molecule has 0 aromatic carbocycles. The number of carbonyl (C=O) groups is 1. The Hall–Kier alpha value is -0.650. The van der Waals surface area contributed by atoms with Crippen molar-refractivity contribution in [3.05, 3.63) is 0 Å². The minimum Gasteiger partial charge on any atom is -0.376 e. The molecule has 0 bridgehead atoms. The monoisotopic (exact) mass is 323 g/mol. The number of nitrogens with zero attached hydrogens (tertiary/aromatic N) is 2. The van der Waals surface area contributed by atoms with Crippen LogP contribution in [0, 0.1) is 0 Å². The maximum Gasteiger partial charge on any atom is 0.237 e. The van der Waals surface area contributed by atoms with Crippen LogP contribution in [0.5, 0.6) is 0 Å². The Morgan fingerprint density at radius 2 is 1.83 bits per heavy atom. The van der Waals surface area contributed by atoms with E-state index in [1.165, 1.54) is 45.2 Å². The van der Waals surface area contributed by atoms with Crippen molar-refractivity contribution >= 4 is 5.91 Å². The van der Waals surface area contributed by atoms with E-state index in [1.807, 2.05) is 6.92 Å². The van der Waals surface area contributed by atoms with Crippen molar-refractivity contribution in [2.45, 2.75) is 70.1 Å². The summed E-state index contributed by atoms with van der Waals surface area (Å²) in [5, 5.41) is 3.08. The molecule has 132 valence electrons. The molecular weight excluding hydrogens is 290 g/mol. The molecule has 0 saturated carbocycles. The summed E-state index contributed by atoms with van der Waals surface area (Å²) in [7, 11) is 0. The number of hydrogen-bond donors (Lipinski definition) is 1. The van der Waals surface area contributed by atoms with Crippen LogP contribution in [-0.2, 0) is 9.53 Å². The van der Waals surface area contributed by atoms with E-state index in [2.05, 4.69) is 15.1 Å². The van der Waals surface area contributed by atoms with Gasteiger partial charge in [0.1, 0.15) is 0 Å². The van der Waals surface area contributed by atoms with E-state index in [1.54, 1.807) is 0 Å². The molecule has 0 aromatic heterocycles. The van der Waals surface area contributed by atoms with Crippen LogP contribution in [0.2, 0.25) is 0 Å². The fraction of sp³-hybridized carbons (Fsp3) is 0.944. The Labute approximate surface area is 140 Å². The highest BCUT2D eigenvalue weighted by Crippen LogP contribution is 2.22. The third-order valence-electron chi connectivity index (χ3n) is 5.86. The summed E-state index contributed by atoms with van der Waals surface area (Å²) in [5.74, 6) is 0.164. The first-order valence-electron chi connectivity index (χ1n) is 9.61. The van der Waals surface area contributed by atoms with Crippen molar-refractivity contribution in [1.82, 2.24) is 15.1 Å². The highest BCUT2D eigenvalue weighted by molar-refractivity contribution is 5.81. The molecular formula is C18H33N3O2. The average molecular weight is 323 g/mol. The maximum atomic E-state index is 12.4. The molecule has 0 spiro atoms. The third kappa shape index (κ3) is 4.68. The Kier molecular flexibility index (Phi) is 6.31. The van der Waals surface area contributed by atoms with Crippen molar-refractivity contribution in [1.29, 1.82) is 0 Å². The van der Waals surface area contributed by atoms with Gasteiger partial charge in [0.2, 0.25) is 5.91 Å². The van der Waals surface area contributed by atoms with Crippen LogP contribution < -0.4 is 5.32 Å². The number of carbonyl (C=O) groups excluding carboxylic acids is 1. The maximum absolute atomic E-state index is 12.4. The molecule has 3 fully saturated rings. The van der Waals surface area contributed by atoms with Crippen LogP contribution in [0.4, 0.5) is 0 Å². The number of amides is 1. The number of piperidine rings is 2. The van der Waals surface area contributed by atoms with E-state index < -0.39 is 0 Å². The lowest BCUT2D eigenvalue weighted by Gasteiger charge is -2.41. The number of likely N-dealkylation sites (tertiary alicyclic amines) is 2. The third-order valence-corrected chi connectivity index (χ3v) is 5.86. The number of nitrogens with one attached hydrogen (secondary N) is 1. The zero-order chi connectivity index (χ0) is 16.1. The summed E-state index contributed by atoms with van der Waals surface area (Å²) >= 11 is 0. The van der Waals surface area contributed by atoms with Gasteiger partial charge >= 0.3 is 0 Å². The van der Waals surface area contributed by atoms with Crippen LogP contribution >= 0.6 is 0 Å². The number of hydrogen-bond acceptors (Lipinski definition) is 4. The van der Waals surface area contributed by atoms with E-state index in [4.69, 9.17) is 4.74 Å². The highest BCUT2D eigenvalue weighted by atomic mass is 16.5. The van der Waals surface area contributed by atoms with E-state index in [0.29, 0.717) is 6.54 Å². The molecule has 23 heavy (non-hydrogen) atoms. The standard InChI is InChI=1S/C18H33N3O2/c1-15(18(22)19-14-17-6-5-13-23-17)20-11-7-16(8-12-20)21-9-3-2-4-10-21/h15-17H,2-14H2,1H3,(H,19,22). The molecule has 3 aliphatic rings. The summed E-state index contributed by atoms with van der Waals surface area (Å²) < 4.78 is 5.58. The van der Waals surface area contributed by atoms with Crippen LogP contribution in [0.15, 0.2) is 0 Å². The topological polar surface area (TPSA) is 44.8 Å². The van der Waals surface area contributed by atoms with Crippen molar-refractivity contribution in [2.75, 3.05) is 39.3 Å². The van der Waals surface area contributed by atoms with Gasteiger partial charge in [-0.25, -0.2) is 0 Å². The van der Waals surface area contributed by atoms with E-state index in [9.17, 15) is 4.79 Å². The quantitative estimate of drug-likeness (QED) is 0.835. The van der Waals surface area contributed by atoms with Gasteiger partial charge in [-0.3, -0.25) is 9.69 Å². The molecule has 5 nitrogen and oxygen atoms in total. The second kappa shape index (κ2) is 8.45. The van der Waals surface area contributed by atoms with Gasteiger partial charge in [0, 0.05) is 32.3 Å². The molecule has 3 heterocycles. The highest BCUT2D eigenvalue weighted by Gasteiger charge is 2.30. The minimum atomic E-state index is -0.0151. The molecule has 0 radical (unpaired) electrons. The summed E-state index contributed by atoms with van der Waals surface area (Å²) in [6.45, 7) is 8.23. The average Bonchev–Trinajstić information content (AvgIpc) is 3.13. The molecule has 3 rings (SSSR count). The fourth-order valence-electron chi connectivity index (χ4n) is 4.26. The summed E-state index contributed by atoms with van der Waals surface area (Å²) in [4.78, 5) is 17.4. The lowest BCUT2D eigenvalue weighted by atomic mass is 9.99. The molecule has 3 saturated heterocycles. The second-order valence-corrected chi connectivity index (χ2v) is 7.42. The predicted molar refractivity (Wildman–Crippen MR) is 91.5 cm³/mol. The Bertz CT molecular complexity index is 370. The molecule has 2 unspecified atom stereocenters. The predicted octanol–water partition coefficient (Wildman–Crippen LogP) is 1.62. The van der Waals surface area contributed by atoms with Crippen molar-refractivity contribution in [2.24, 2.45) is 0 Å². The van der Waals surface area contributed by atoms with Gasteiger partial charge < -0.3 is 15.0 Å². The molecule has 0 aliphatic carbocycles. The van der Waals surface area contributed by atoms with Gasteiger partial charge in [-0.15, -0.1) is 0 Å². The van der Waals surface area contributed by atoms with Gasteiger partial charge in [0.25, 0.3) is 0 Å². The van der Waals surface area contributed by atoms with Crippen LogP contribution in [0.25, 0.3) is 0 Å². The van der Waals surface area contributed by atoms with E-state index >= 15 is 0 Å². The zero-order valence-electron chi connectivity index (χ0n) is 14.6. The largest absolute Gasteiger partial charge is 0.376 e. The molecule has 1 N–H and O–H groups in total. The Balaban J connectivity index is 1.38. The van der Waals surface area contributed by atoms with Crippen molar-refractivity contribution < 1.29 is 9.53 Å².